The normalized spacial score (nSPS) is 15.2. The summed E-state index contributed by atoms with van der Waals surface area (Å²) < 4.78 is 0. The van der Waals surface area contributed by atoms with Gasteiger partial charge in [-0.25, -0.2) is 9.78 Å². The number of imidazole rings is 1. The third kappa shape index (κ3) is 12.7. The molecule has 258 valence electrons. The highest BCUT2D eigenvalue weighted by Crippen LogP contribution is 2.10. The Morgan fingerprint density at radius 2 is 1.24 bits per heavy atom. The Morgan fingerprint density at radius 3 is 1.67 bits per heavy atom. The number of H-pyrrole nitrogens is 1. The van der Waals surface area contributed by atoms with E-state index in [1.165, 1.54) is 12.5 Å². The van der Waals surface area contributed by atoms with Crippen LogP contribution in [0.15, 0.2) is 12.5 Å². The van der Waals surface area contributed by atoms with E-state index in [0.29, 0.717) is 5.69 Å². The van der Waals surface area contributed by atoms with Crippen molar-refractivity contribution in [1.82, 2.24) is 36.6 Å². The fourth-order valence-electron chi connectivity index (χ4n) is 4.09. The lowest BCUT2D eigenvalue weighted by Gasteiger charge is -2.29. The Hall–Kier alpha value is -4.19. The Labute approximate surface area is 272 Å². The van der Waals surface area contributed by atoms with Crippen molar-refractivity contribution in [2.45, 2.75) is 90.6 Å². The molecule has 1 aromatic rings. The molecule has 0 aliphatic carbocycles. The lowest BCUT2D eigenvalue weighted by Crippen LogP contribution is -2.61. The minimum absolute atomic E-state index is 0.170. The molecule has 18 heteroatoms. The molecule has 6 atom stereocenters. The number of primary amides is 1. The summed E-state index contributed by atoms with van der Waals surface area (Å²) >= 11 is 3.88. The molecule has 0 spiro atoms. The van der Waals surface area contributed by atoms with Crippen LogP contribution in [0, 0.1) is 17.8 Å². The van der Waals surface area contributed by atoms with Gasteiger partial charge in [-0.2, -0.15) is 12.6 Å². The summed E-state index contributed by atoms with van der Waals surface area (Å²) in [4.78, 5) is 95.6. The fraction of sp³-hybridized carbons (Fsp3) is 0.643. The van der Waals surface area contributed by atoms with Crippen molar-refractivity contribution in [2.75, 3.05) is 5.75 Å². The van der Waals surface area contributed by atoms with Crippen molar-refractivity contribution in [3.05, 3.63) is 18.2 Å². The van der Waals surface area contributed by atoms with Crippen molar-refractivity contribution in [1.29, 1.82) is 0 Å². The molecule has 0 aliphatic rings. The third-order valence-electron chi connectivity index (χ3n) is 6.95. The standard InChI is InChI=1S/C28H47N9O8S/c1-12(2)20(30)25(41)36-22(14(5)6)27(43)37-21(13(3)4)26(42)34-16(7-15-9-31-11-32-15)23(39)33-17(8-19(29)38)24(40)35-18(10-46)28(44)45/h9,11-14,16-18,20-22,46H,7-8,10,30H2,1-6H3,(H2,29,38)(H,31,32)(H,33,39)(H,34,42)(H,35,40)(H,36,41)(H,37,43)(H,44,45)/t16-,17-,18-,20-,21-,22-/m0/s1. The maximum absolute atomic E-state index is 13.6. The topological polar surface area (TPSA) is 281 Å². The molecule has 0 aromatic carbocycles. The number of aliphatic carboxylic acids is 1. The quantitative estimate of drug-likeness (QED) is 0.0695. The number of carboxylic acids is 1. The number of aromatic nitrogens is 2. The van der Waals surface area contributed by atoms with Crippen LogP contribution in [0.3, 0.4) is 0 Å². The zero-order valence-electron chi connectivity index (χ0n) is 26.8. The molecule has 0 saturated heterocycles. The summed E-state index contributed by atoms with van der Waals surface area (Å²) in [5.41, 5.74) is 11.6. The molecule has 0 radical (unpaired) electrons. The first kappa shape index (κ1) is 39.8. The van der Waals surface area contributed by atoms with Crippen LogP contribution in [0.2, 0.25) is 0 Å². The number of rotatable bonds is 19. The number of amides is 6. The molecule has 17 nitrogen and oxygen atoms in total. The minimum Gasteiger partial charge on any atom is -0.480 e. The molecule has 0 aliphatic heterocycles. The first-order valence-electron chi connectivity index (χ1n) is 14.8. The van der Waals surface area contributed by atoms with Gasteiger partial charge in [0.1, 0.15) is 30.2 Å². The SMILES string of the molecule is CC(C)[C@H](N)C(=O)N[C@H](C(=O)N[C@H](C(=O)N[C@@H](Cc1c[nH]cn1)C(=O)N[C@@H](CC(N)=O)C(=O)N[C@@H](CS)C(=O)O)C(C)C)C(C)C. The molecule has 6 amide bonds. The van der Waals surface area contributed by atoms with E-state index in [9.17, 15) is 38.7 Å². The van der Waals surface area contributed by atoms with Gasteiger partial charge in [-0.15, -0.1) is 0 Å². The number of nitrogens with two attached hydrogens (primary N) is 2. The van der Waals surface area contributed by atoms with Crippen LogP contribution in [0.5, 0.6) is 0 Å². The van der Waals surface area contributed by atoms with Crippen molar-refractivity contribution in [3.63, 3.8) is 0 Å². The first-order valence-corrected chi connectivity index (χ1v) is 15.4. The van der Waals surface area contributed by atoms with Crippen molar-refractivity contribution in [3.8, 4) is 0 Å². The van der Waals surface area contributed by atoms with E-state index in [1.54, 1.807) is 41.5 Å². The lowest BCUT2D eigenvalue weighted by atomic mass is 9.98. The second kappa shape index (κ2) is 18.7. The van der Waals surface area contributed by atoms with Gasteiger partial charge in [-0.05, 0) is 17.8 Å². The van der Waals surface area contributed by atoms with Gasteiger partial charge >= 0.3 is 5.97 Å². The van der Waals surface area contributed by atoms with Gasteiger partial charge in [0.2, 0.25) is 35.4 Å². The van der Waals surface area contributed by atoms with Gasteiger partial charge in [-0.1, -0.05) is 41.5 Å². The summed E-state index contributed by atoms with van der Waals surface area (Å²) in [5, 5.41) is 21.6. The number of nitrogens with zero attached hydrogens (tertiary/aromatic N) is 1. The number of hydrogen-bond acceptors (Lipinski definition) is 10. The molecule has 1 aromatic heterocycles. The predicted octanol–water partition coefficient (Wildman–Crippen LogP) is -2.44. The number of aromatic amines is 1. The third-order valence-corrected chi connectivity index (χ3v) is 7.32. The molecule has 0 unspecified atom stereocenters. The first-order chi connectivity index (χ1) is 21.4. The summed E-state index contributed by atoms with van der Waals surface area (Å²) in [7, 11) is 0. The van der Waals surface area contributed by atoms with Crippen LogP contribution >= 0.6 is 12.6 Å². The largest absolute Gasteiger partial charge is 0.480 e. The van der Waals surface area contributed by atoms with Gasteiger partial charge in [0.05, 0.1) is 24.5 Å². The van der Waals surface area contributed by atoms with E-state index >= 15 is 0 Å². The number of hydrogen-bond donors (Lipinski definition) is 10. The van der Waals surface area contributed by atoms with Gasteiger partial charge in [0, 0.05) is 18.4 Å². The average Bonchev–Trinajstić information content (AvgIpc) is 3.48. The number of carbonyl (C=O) groups is 7. The summed E-state index contributed by atoms with van der Waals surface area (Å²) in [6, 6.07) is -7.42. The molecule has 1 heterocycles. The highest BCUT2D eigenvalue weighted by molar-refractivity contribution is 7.80. The molecular weight excluding hydrogens is 622 g/mol. The van der Waals surface area contributed by atoms with E-state index in [1.807, 2.05) is 0 Å². The van der Waals surface area contributed by atoms with Gasteiger partial charge in [-0.3, -0.25) is 28.8 Å². The van der Waals surface area contributed by atoms with Crippen LogP contribution in [0.1, 0.15) is 53.7 Å². The van der Waals surface area contributed by atoms with Crippen LogP contribution in [0.25, 0.3) is 0 Å². The van der Waals surface area contributed by atoms with E-state index in [2.05, 4.69) is 49.2 Å². The molecule has 0 bridgehead atoms. The Balaban J connectivity index is 3.25. The second-order valence-electron chi connectivity index (χ2n) is 11.9. The predicted molar refractivity (Wildman–Crippen MR) is 170 cm³/mol. The Kier molecular flexibility index (Phi) is 16.2. The monoisotopic (exact) mass is 669 g/mol. The zero-order valence-corrected chi connectivity index (χ0v) is 27.7. The smallest absolute Gasteiger partial charge is 0.327 e. The van der Waals surface area contributed by atoms with Crippen LogP contribution in [-0.2, 0) is 40.0 Å². The number of carboxylic acid groups (broad SMARTS) is 1. The molecule has 1 rings (SSSR count). The molecular formula is C28H47N9O8S. The van der Waals surface area contributed by atoms with Gasteiger partial charge < -0.3 is 48.1 Å². The number of thiol groups is 1. The van der Waals surface area contributed by atoms with Crippen molar-refractivity contribution >= 4 is 54.0 Å². The summed E-state index contributed by atoms with van der Waals surface area (Å²) in [6.45, 7) is 10.3. The van der Waals surface area contributed by atoms with Crippen molar-refractivity contribution < 1.29 is 38.7 Å². The maximum atomic E-state index is 13.6. The van der Waals surface area contributed by atoms with Crippen molar-refractivity contribution in [2.24, 2.45) is 29.2 Å². The van der Waals surface area contributed by atoms with Gasteiger partial charge in [0.15, 0.2) is 0 Å². The Morgan fingerprint density at radius 1 is 0.761 bits per heavy atom. The zero-order chi connectivity index (χ0) is 35.3. The number of carbonyl (C=O) groups excluding carboxylic acids is 6. The van der Waals surface area contributed by atoms with E-state index in [0.717, 1.165) is 0 Å². The fourth-order valence-corrected chi connectivity index (χ4v) is 4.34. The second-order valence-corrected chi connectivity index (χ2v) is 12.2. The lowest BCUT2D eigenvalue weighted by molar-refractivity contribution is -0.141. The van der Waals surface area contributed by atoms with Gasteiger partial charge in [0.25, 0.3) is 0 Å². The molecule has 0 saturated carbocycles. The highest BCUT2D eigenvalue weighted by Gasteiger charge is 2.35. The highest BCUT2D eigenvalue weighted by atomic mass is 32.1. The molecule has 46 heavy (non-hydrogen) atoms. The molecule has 0 fully saturated rings. The van der Waals surface area contributed by atoms with E-state index in [-0.39, 0.29) is 24.0 Å². The Bertz CT molecular complexity index is 1230. The number of nitrogens with one attached hydrogen (secondary N) is 6. The summed E-state index contributed by atoms with van der Waals surface area (Å²) in [5.74, 6) is -7.51. The molecule has 11 N–H and O–H groups in total. The van der Waals surface area contributed by atoms with E-state index < -0.39 is 90.0 Å². The summed E-state index contributed by atoms with van der Waals surface area (Å²) in [6.07, 6.45) is 1.98. The average molecular weight is 670 g/mol. The minimum atomic E-state index is -1.58. The van der Waals surface area contributed by atoms with Crippen LogP contribution < -0.4 is 38.1 Å². The maximum Gasteiger partial charge on any atom is 0.327 e. The van der Waals surface area contributed by atoms with Crippen LogP contribution in [0.4, 0.5) is 0 Å². The van der Waals surface area contributed by atoms with E-state index in [4.69, 9.17) is 11.5 Å². The van der Waals surface area contributed by atoms with Crippen LogP contribution in [-0.4, -0.2) is 98.5 Å².